The van der Waals surface area contributed by atoms with Gasteiger partial charge in [0.1, 0.15) is 5.75 Å². The van der Waals surface area contributed by atoms with E-state index < -0.39 is 10.1 Å². The Morgan fingerprint density at radius 2 is 1.67 bits per heavy atom. The monoisotopic (exact) mass is 397 g/mol. The molecule has 0 atom stereocenters. The Hall–Kier alpha value is -1.56. The van der Waals surface area contributed by atoms with Crippen molar-refractivity contribution in [2.75, 3.05) is 12.3 Å². The van der Waals surface area contributed by atoms with Crippen LogP contribution in [0.2, 0.25) is 0 Å². The van der Waals surface area contributed by atoms with Crippen molar-refractivity contribution in [2.24, 2.45) is 5.92 Å². The highest BCUT2D eigenvalue weighted by molar-refractivity contribution is 7.87. The van der Waals surface area contributed by atoms with Crippen LogP contribution in [0.1, 0.15) is 71.8 Å². The summed E-state index contributed by atoms with van der Waals surface area (Å²) in [4.78, 5) is 14.5. The van der Waals surface area contributed by atoms with Crippen molar-refractivity contribution in [2.45, 2.75) is 72.8 Å². The van der Waals surface area contributed by atoms with E-state index in [1.54, 1.807) is 19.1 Å². The molecule has 0 unspecified atom stereocenters. The molecule has 1 aromatic carbocycles. The van der Waals surface area contributed by atoms with Gasteiger partial charge in [-0.1, -0.05) is 58.6 Å². The topological polar surface area (TPSA) is 63.7 Å². The minimum absolute atomic E-state index is 0.0658. The van der Waals surface area contributed by atoms with Gasteiger partial charge in [0.2, 0.25) is 5.91 Å². The second kappa shape index (κ2) is 12.0. The van der Waals surface area contributed by atoms with E-state index in [9.17, 15) is 13.2 Å². The lowest BCUT2D eigenvalue weighted by atomic mass is 10.1. The first-order valence-electron chi connectivity index (χ1n) is 10.1. The van der Waals surface area contributed by atoms with Gasteiger partial charge in [0.05, 0.1) is 5.75 Å². The smallest absolute Gasteiger partial charge is 0.308 e. The third kappa shape index (κ3) is 9.80. The number of carbonyl (C=O) groups is 1. The average molecular weight is 398 g/mol. The summed E-state index contributed by atoms with van der Waals surface area (Å²) in [7, 11) is -3.52. The number of hydrogen-bond donors (Lipinski definition) is 0. The zero-order valence-electron chi connectivity index (χ0n) is 17.2. The molecule has 0 aliphatic heterocycles. The van der Waals surface area contributed by atoms with Gasteiger partial charge in [-0.25, -0.2) is 0 Å². The summed E-state index contributed by atoms with van der Waals surface area (Å²) < 4.78 is 28.1. The molecule has 0 aromatic heterocycles. The highest BCUT2D eigenvalue weighted by Gasteiger charge is 2.16. The van der Waals surface area contributed by atoms with Gasteiger partial charge in [-0.2, -0.15) is 8.42 Å². The van der Waals surface area contributed by atoms with Crippen LogP contribution >= 0.6 is 0 Å². The van der Waals surface area contributed by atoms with Gasteiger partial charge in [0.15, 0.2) is 0 Å². The minimum Gasteiger partial charge on any atom is -0.382 e. The molecular formula is C21H35NO4S. The molecule has 0 aliphatic carbocycles. The lowest BCUT2D eigenvalue weighted by Crippen LogP contribution is -2.33. The van der Waals surface area contributed by atoms with Crippen molar-refractivity contribution in [1.82, 2.24) is 4.90 Å². The molecular weight excluding hydrogens is 362 g/mol. The predicted molar refractivity (Wildman–Crippen MR) is 110 cm³/mol. The molecule has 0 bridgehead atoms. The zero-order chi connectivity index (χ0) is 20.3. The van der Waals surface area contributed by atoms with Gasteiger partial charge in [-0.05, 0) is 37.0 Å². The quantitative estimate of drug-likeness (QED) is 0.356. The van der Waals surface area contributed by atoms with Gasteiger partial charge in [0.25, 0.3) is 0 Å². The van der Waals surface area contributed by atoms with Crippen LogP contribution < -0.4 is 4.18 Å². The Labute approximate surface area is 165 Å². The van der Waals surface area contributed by atoms with Crippen LogP contribution in [0.3, 0.4) is 0 Å². The summed E-state index contributed by atoms with van der Waals surface area (Å²) in [6.07, 6.45) is 6.25. The summed E-state index contributed by atoms with van der Waals surface area (Å²) in [6.45, 7) is 9.19. The van der Waals surface area contributed by atoms with Crippen LogP contribution in [0.15, 0.2) is 24.3 Å². The van der Waals surface area contributed by atoms with Crippen molar-refractivity contribution in [3.8, 4) is 5.75 Å². The standard InChI is InChI=1S/C21H35NO4S/c1-5-7-8-9-10-11-21(23)22(16-18(3)4)17-19-12-14-20(15-13-19)26-27(24,25)6-2/h12-15,18H,5-11,16-17H2,1-4H3. The van der Waals surface area contributed by atoms with Crippen molar-refractivity contribution in [1.29, 1.82) is 0 Å². The fourth-order valence-electron chi connectivity index (χ4n) is 2.81. The SMILES string of the molecule is CCCCCCCC(=O)N(Cc1ccc(OS(=O)(=O)CC)cc1)CC(C)C. The summed E-state index contributed by atoms with van der Waals surface area (Å²) in [6, 6.07) is 6.93. The number of nitrogens with zero attached hydrogens (tertiary/aromatic N) is 1. The van der Waals surface area contributed by atoms with Crippen molar-refractivity contribution in [3.63, 3.8) is 0 Å². The Morgan fingerprint density at radius 1 is 1.04 bits per heavy atom. The Bertz CT molecular complexity index is 653. The molecule has 1 rings (SSSR count). The lowest BCUT2D eigenvalue weighted by molar-refractivity contribution is -0.132. The summed E-state index contributed by atoms with van der Waals surface area (Å²) in [5.74, 6) is 0.822. The largest absolute Gasteiger partial charge is 0.382 e. The Kier molecular flexibility index (Phi) is 10.4. The first-order valence-corrected chi connectivity index (χ1v) is 11.6. The fraction of sp³-hybridized carbons (Fsp3) is 0.667. The molecule has 0 heterocycles. The maximum absolute atomic E-state index is 12.6. The van der Waals surface area contributed by atoms with Crippen molar-refractivity contribution < 1.29 is 17.4 Å². The number of unbranched alkanes of at least 4 members (excludes halogenated alkanes) is 4. The molecule has 0 saturated carbocycles. The third-order valence-corrected chi connectivity index (χ3v) is 5.46. The van der Waals surface area contributed by atoms with Crippen LogP contribution in [0, 0.1) is 5.92 Å². The fourth-order valence-corrected chi connectivity index (χ4v) is 3.33. The van der Waals surface area contributed by atoms with Crippen molar-refractivity contribution in [3.05, 3.63) is 29.8 Å². The first kappa shape index (κ1) is 23.5. The molecule has 0 radical (unpaired) electrons. The van der Waals surface area contributed by atoms with Gasteiger partial charge in [-0.15, -0.1) is 0 Å². The van der Waals surface area contributed by atoms with E-state index in [0.717, 1.165) is 24.9 Å². The van der Waals surface area contributed by atoms with Gasteiger partial charge >= 0.3 is 10.1 Å². The van der Waals surface area contributed by atoms with E-state index in [2.05, 4.69) is 20.8 Å². The molecule has 1 amide bonds. The molecule has 0 spiro atoms. The van der Waals surface area contributed by atoms with Crippen LogP contribution in [-0.2, 0) is 21.5 Å². The molecule has 27 heavy (non-hydrogen) atoms. The molecule has 1 aromatic rings. The lowest BCUT2D eigenvalue weighted by Gasteiger charge is -2.25. The van der Waals surface area contributed by atoms with Gasteiger partial charge in [-0.3, -0.25) is 4.79 Å². The number of benzene rings is 1. The molecule has 5 nitrogen and oxygen atoms in total. The first-order chi connectivity index (χ1) is 12.8. The van der Waals surface area contributed by atoms with E-state index in [-0.39, 0.29) is 11.7 Å². The van der Waals surface area contributed by atoms with Crippen LogP contribution in [0.25, 0.3) is 0 Å². The van der Waals surface area contributed by atoms with Gasteiger partial charge in [0, 0.05) is 19.5 Å². The molecule has 6 heteroatoms. The summed E-state index contributed by atoms with van der Waals surface area (Å²) in [5.41, 5.74) is 0.969. The van der Waals surface area contributed by atoms with E-state index in [4.69, 9.17) is 4.18 Å². The van der Waals surface area contributed by atoms with E-state index >= 15 is 0 Å². The molecule has 0 aliphatic rings. The van der Waals surface area contributed by atoms with Crippen molar-refractivity contribution >= 4 is 16.0 Å². The van der Waals surface area contributed by atoms with E-state index in [1.807, 2.05) is 17.0 Å². The number of amides is 1. The number of rotatable bonds is 13. The number of carbonyl (C=O) groups excluding carboxylic acids is 1. The van der Waals surface area contributed by atoms with Crippen LogP contribution in [-0.4, -0.2) is 31.5 Å². The second-order valence-corrected chi connectivity index (χ2v) is 9.27. The minimum atomic E-state index is -3.52. The summed E-state index contributed by atoms with van der Waals surface area (Å²) in [5, 5.41) is 0. The Morgan fingerprint density at radius 3 is 2.22 bits per heavy atom. The van der Waals surface area contributed by atoms with E-state index in [1.165, 1.54) is 19.3 Å². The van der Waals surface area contributed by atoms with Crippen LogP contribution in [0.4, 0.5) is 0 Å². The maximum Gasteiger partial charge on any atom is 0.308 e. The molecule has 0 N–H and O–H groups in total. The highest BCUT2D eigenvalue weighted by atomic mass is 32.2. The highest BCUT2D eigenvalue weighted by Crippen LogP contribution is 2.17. The second-order valence-electron chi connectivity index (χ2n) is 7.41. The molecule has 154 valence electrons. The normalized spacial score (nSPS) is 11.6. The predicted octanol–water partition coefficient (Wildman–Crippen LogP) is 4.76. The molecule has 0 saturated heterocycles. The molecule has 0 fully saturated rings. The zero-order valence-corrected chi connectivity index (χ0v) is 18.1. The van der Waals surface area contributed by atoms with Crippen LogP contribution in [0.5, 0.6) is 5.75 Å². The average Bonchev–Trinajstić information content (AvgIpc) is 2.62. The summed E-state index contributed by atoms with van der Waals surface area (Å²) >= 11 is 0. The van der Waals surface area contributed by atoms with E-state index in [0.29, 0.717) is 24.6 Å². The maximum atomic E-state index is 12.6. The third-order valence-electron chi connectivity index (χ3n) is 4.31. The Balaban J connectivity index is 2.66. The number of hydrogen-bond acceptors (Lipinski definition) is 4. The van der Waals surface area contributed by atoms with Gasteiger partial charge < -0.3 is 9.08 Å².